The van der Waals surface area contributed by atoms with Crippen molar-refractivity contribution in [3.8, 4) is 0 Å². The van der Waals surface area contributed by atoms with Crippen LogP contribution < -0.4 is 4.72 Å². The van der Waals surface area contributed by atoms with Gasteiger partial charge in [0.25, 0.3) is 0 Å². The molecule has 1 N–H and O–H groups in total. The normalized spacial score (nSPS) is 14.0. The van der Waals surface area contributed by atoms with Gasteiger partial charge in [-0.2, -0.15) is 23.4 Å². The van der Waals surface area contributed by atoms with Gasteiger partial charge >= 0.3 is 6.18 Å². The fourth-order valence-corrected chi connectivity index (χ4v) is 3.92. The van der Waals surface area contributed by atoms with Gasteiger partial charge in [-0.3, -0.25) is 9.36 Å². The quantitative estimate of drug-likeness (QED) is 0.784. The molecular weight excluding hydrogens is 371 g/mol. The van der Waals surface area contributed by atoms with E-state index < -0.39 is 21.9 Å². The number of alkyl halides is 3. The maximum atomic E-state index is 12.8. The number of sulfonamides is 1. The zero-order chi connectivity index (χ0) is 19.7. The molecule has 2 rings (SSSR count). The lowest BCUT2D eigenvalue weighted by atomic mass is 10.1. The van der Waals surface area contributed by atoms with Gasteiger partial charge < -0.3 is 0 Å². The largest absolute Gasteiger partial charge is 0.435 e. The van der Waals surface area contributed by atoms with E-state index in [9.17, 15) is 21.6 Å². The fraction of sp³-hybridized carbons (Fsp3) is 0.600. The lowest BCUT2D eigenvalue weighted by Crippen LogP contribution is -2.27. The van der Waals surface area contributed by atoms with Crippen LogP contribution in [0.4, 0.5) is 13.2 Å². The van der Waals surface area contributed by atoms with Gasteiger partial charge in [0, 0.05) is 19.3 Å². The molecule has 1 atom stereocenters. The molecule has 2 heterocycles. The smallest absolute Gasteiger partial charge is 0.272 e. The van der Waals surface area contributed by atoms with Gasteiger partial charge in [-0.25, -0.2) is 13.1 Å². The summed E-state index contributed by atoms with van der Waals surface area (Å²) in [4.78, 5) is 0.0858. The van der Waals surface area contributed by atoms with Crippen molar-refractivity contribution in [2.24, 2.45) is 7.05 Å². The van der Waals surface area contributed by atoms with Crippen LogP contribution in [0.25, 0.3) is 0 Å². The fourth-order valence-electron chi connectivity index (χ4n) is 2.68. The molecule has 0 radical (unpaired) electrons. The topological polar surface area (TPSA) is 81.8 Å². The molecule has 0 unspecified atom stereocenters. The predicted octanol–water partition coefficient (Wildman–Crippen LogP) is 2.57. The SMILES string of the molecule is CC[C@H](CCNS(=O)(=O)c1cnn(C)c1C)n1nc(C(F)(F)F)cc1C. The number of nitrogens with zero attached hydrogens (tertiary/aromatic N) is 4. The standard InChI is InChI=1S/C15H22F3N5O2S/c1-5-12(23-10(2)8-14(21-23)15(16,17)18)6-7-20-26(24,25)13-9-19-22(4)11(13)3/h8-9,12,20H,5-7H2,1-4H3/t12-/m1/s1. The summed E-state index contributed by atoms with van der Waals surface area (Å²) in [5.41, 5.74) is -0.0579. The first-order valence-electron chi connectivity index (χ1n) is 8.09. The van der Waals surface area contributed by atoms with E-state index in [1.165, 1.54) is 15.6 Å². The number of aryl methyl sites for hydroxylation is 2. The maximum absolute atomic E-state index is 12.8. The Bertz CT molecular complexity index is 870. The average molecular weight is 393 g/mol. The molecule has 0 aliphatic heterocycles. The predicted molar refractivity (Wildman–Crippen MR) is 89.0 cm³/mol. The lowest BCUT2D eigenvalue weighted by molar-refractivity contribution is -0.141. The molecule has 146 valence electrons. The number of hydrogen-bond donors (Lipinski definition) is 1. The highest BCUT2D eigenvalue weighted by molar-refractivity contribution is 7.89. The second kappa shape index (κ2) is 7.39. The van der Waals surface area contributed by atoms with Gasteiger partial charge in [0.05, 0.1) is 17.9 Å². The second-order valence-corrected chi connectivity index (χ2v) is 7.82. The van der Waals surface area contributed by atoms with Gasteiger partial charge in [0.1, 0.15) is 4.90 Å². The summed E-state index contributed by atoms with van der Waals surface area (Å²) in [6, 6.07) is 0.648. The number of aromatic nitrogens is 4. The van der Waals surface area contributed by atoms with E-state index in [4.69, 9.17) is 0 Å². The summed E-state index contributed by atoms with van der Waals surface area (Å²) in [7, 11) is -2.09. The Morgan fingerprint density at radius 1 is 1.31 bits per heavy atom. The third kappa shape index (κ3) is 4.26. The van der Waals surface area contributed by atoms with Crippen LogP contribution >= 0.6 is 0 Å². The lowest BCUT2D eigenvalue weighted by Gasteiger charge is -2.18. The van der Waals surface area contributed by atoms with Gasteiger partial charge in [-0.15, -0.1) is 0 Å². The molecule has 2 aromatic heterocycles. The van der Waals surface area contributed by atoms with Gasteiger partial charge in [-0.1, -0.05) is 6.92 Å². The van der Waals surface area contributed by atoms with E-state index in [0.717, 1.165) is 6.07 Å². The van der Waals surface area contributed by atoms with Crippen molar-refractivity contribution in [1.29, 1.82) is 0 Å². The van der Waals surface area contributed by atoms with Gasteiger partial charge in [0.2, 0.25) is 10.0 Å². The van der Waals surface area contributed by atoms with Crippen molar-refractivity contribution in [1.82, 2.24) is 24.3 Å². The van der Waals surface area contributed by atoms with Crippen LogP contribution in [0.1, 0.15) is 42.9 Å². The number of hydrogen-bond acceptors (Lipinski definition) is 4. The minimum atomic E-state index is -4.51. The van der Waals surface area contributed by atoms with E-state index in [1.54, 1.807) is 20.9 Å². The summed E-state index contributed by atoms with van der Waals surface area (Å²) in [6.07, 6.45) is -2.40. The zero-order valence-corrected chi connectivity index (χ0v) is 15.8. The Morgan fingerprint density at radius 2 is 1.96 bits per heavy atom. The molecule has 11 heteroatoms. The molecule has 0 spiro atoms. The van der Waals surface area contributed by atoms with Crippen molar-refractivity contribution in [2.75, 3.05) is 6.54 Å². The third-order valence-corrected chi connectivity index (χ3v) is 5.84. The van der Waals surface area contributed by atoms with E-state index in [1.807, 2.05) is 6.92 Å². The summed E-state index contributed by atoms with van der Waals surface area (Å²) in [6.45, 7) is 5.09. The highest BCUT2D eigenvalue weighted by Crippen LogP contribution is 2.30. The van der Waals surface area contributed by atoms with Crippen molar-refractivity contribution in [2.45, 2.75) is 50.7 Å². The van der Waals surface area contributed by atoms with Crippen molar-refractivity contribution >= 4 is 10.0 Å². The molecule has 0 bridgehead atoms. The van der Waals surface area contributed by atoms with E-state index >= 15 is 0 Å². The Morgan fingerprint density at radius 3 is 2.42 bits per heavy atom. The molecule has 2 aromatic rings. The molecule has 0 amide bonds. The molecule has 26 heavy (non-hydrogen) atoms. The molecule has 0 aliphatic rings. The summed E-state index contributed by atoms with van der Waals surface area (Å²) >= 11 is 0. The van der Waals surface area contributed by atoms with Crippen LogP contribution in [-0.4, -0.2) is 34.5 Å². The molecular formula is C15H22F3N5O2S. The molecule has 0 saturated heterocycles. The van der Waals surface area contributed by atoms with Crippen LogP contribution in [0.2, 0.25) is 0 Å². The van der Waals surface area contributed by atoms with Crippen molar-refractivity contribution < 1.29 is 21.6 Å². The van der Waals surface area contributed by atoms with Crippen LogP contribution in [0.15, 0.2) is 17.2 Å². The monoisotopic (exact) mass is 393 g/mol. The highest BCUT2D eigenvalue weighted by atomic mass is 32.2. The molecule has 0 fully saturated rings. The van der Waals surface area contributed by atoms with Crippen LogP contribution in [0.3, 0.4) is 0 Å². The van der Waals surface area contributed by atoms with Crippen LogP contribution in [-0.2, 0) is 23.2 Å². The third-order valence-electron chi connectivity index (χ3n) is 4.28. The molecule has 0 aromatic carbocycles. The van der Waals surface area contributed by atoms with Crippen molar-refractivity contribution in [3.05, 3.63) is 29.3 Å². The first-order chi connectivity index (χ1) is 12.0. The Labute approximate surface area is 150 Å². The minimum Gasteiger partial charge on any atom is -0.272 e. The molecule has 0 aliphatic carbocycles. The Kier molecular flexibility index (Phi) is 5.81. The number of halogens is 3. The summed E-state index contributed by atoms with van der Waals surface area (Å²) in [5.74, 6) is 0. The Hall–Kier alpha value is -1.88. The molecule has 7 nitrogen and oxygen atoms in total. The number of rotatable bonds is 7. The maximum Gasteiger partial charge on any atom is 0.435 e. The molecule has 0 saturated carbocycles. The van der Waals surface area contributed by atoms with E-state index in [2.05, 4.69) is 14.9 Å². The minimum absolute atomic E-state index is 0.0792. The average Bonchev–Trinajstić information content (AvgIpc) is 3.08. The number of nitrogens with one attached hydrogen (secondary N) is 1. The first kappa shape index (κ1) is 20.4. The van der Waals surface area contributed by atoms with Crippen molar-refractivity contribution in [3.63, 3.8) is 0 Å². The van der Waals surface area contributed by atoms with Crippen LogP contribution in [0.5, 0.6) is 0 Å². The Balaban J connectivity index is 2.08. The summed E-state index contributed by atoms with van der Waals surface area (Å²) < 4.78 is 68.3. The second-order valence-electron chi connectivity index (χ2n) is 6.08. The summed E-state index contributed by atoms with van der Waals surface area (Å²) in [5, 5.41) is 7.55. The van der Waals surface area contributed by atoms with E-state index in [0.29, 0.717) is 24.2 Å². The van der Waals surface area contributed by atoms with Gasteiger partial charge in [-0.05, 0) is 32.8 Å². The van der Waals surface area contributed by atoms with Crippen LogP contribution in [0, 0.1) is 13.8 Å². The first-order valence-corrected chi connectivity index (χ1v) is 9.57. The van der Waals surface area contributed by atoms with E-state index in [-0.39, 0.29) is 17.5 Å². The highest BCUT2D eigenvalue weighted by Gasteiger charge is 2.35. The van der Waals surface area contributed by atoms with Gasteiger partial charge in [0.15, 0.2) is 5.69 Å². The zero-order valence-electron chi connectivity index (χ0n) is 15.0.